The highest BCUT2D eigenvalue weighted by Crippen LogP contribution is 2.20. The molecule has 94 valence electrons. The third kappa shape index (κ3) is 3.46. The SMILES string of the molecule is CCC(C)(CCl)NC(=O)c1cccc(Br)c1C. The number of alkyl halides is 1. The van der Waals surface area contributed by atoms with E-state index < -0.39 is 0 Å². The maximum atomic E-state index is 12.2. The molecule has 0 fully saturated rings. The first-order chi connectivity index (χ1) is 7.93. The Kier molecular flexibility index (Phi) is 5.02. The molecule has 1 amide bonds. The van der Waals surface area contributed by atoms with Gasteiger partial charge in [0.15, 0.2) is 0 Å². The van der Waals surface area contributed by atoms with Crippen molar-refractivity contribution in [2.24, 2.45) is 0 Å². The van der Waals surface area contributed by atoms with Crippen LogP contribution in [-0.2, 0) is 0 Å². The fourth-order valence-electron chi connectivity index (χ4n) is 1.41. The Morgan fingerprint density at radius 1 is 1.53 bits per heavy atom. The summed E-state index contributed by atoms with van der Waals surface area (Å²) in [4.78, 5) is 12.2. The van der Waals surface area contributed by atoms with Crippen LogP contribution in [0.3, 0.4) is 0 Å². The summed E-state index contributed by atoms with van der Waals surface area (Å²) < 4.78 is 0.939. The van der Waals surface area contributed by atoms with E-state index in [1.54, 1.807) is 0 Å². The summed E-state index contributed by atoms with van der Waals surface area (Å²) in [5, 5.41) is 2.99. The zero-order valence-corrected chi connectivity index (χ0v) is 12.7. The largest absolute Gasteiger partial charge is 0.346 e. The van der Waals surface area contributed by atoms with Crippen molar-refractivity contribution in [3.05, 3.63) is 33.8 Å². The van der Waals surface area contributed by atoms with Gasteiger partial charge in [-0.05, 0) is 38.0 Å². The molecule has 1 N–H and O–H groups in total. The molecule has 0 aromatic heterocycles. The van der Waals surface area contributed by atoms with Crippen LogP contribution in [0, 0.1) is 6.92 Å². The normalized spacial score (nSPS) is 14.2. The van der Waals surface area contributed by atoms with Gasteiger partial charge in [0.1, 0.15) is 0 Å². The fourth-order valence-corrected chi connectivity index (χ4v) is 2.03. The molecule has 0 bridgehead atoms. The van der Waals surface area contributed by atoms with Gasteiger partial charge >= 0.3 is 0 Å². The number of nitrogens with one attached hydrogen (secondary N) is 1. The fraction of sp³-hybridized carbons (Fsp3) is 0.462. The van der Waals surface area contributed by atoms with Gasteiger partial charge in [0.05, 0.1) is 5.54 Å². The second-order valence-corrected chi connectivity index (χ2v) is 5.54. The number of hydrogen-bond acceptors (Lipinski definition) is 1. The summed E-state index contributed by atoms with van der Waals surface area (Å²) in [6, 6.07) is 5.60. The Hall–Kier alpha value is -0.540. The molecule has 0 aliphatic carbocycles. The lowest BCUT2D eigenvalue weighted by Gasteiger charge is -2.27. The van der Waals surface area contributed by atoms with Crippen LogP contribution in [0.15, 0.2) is 22.7 Å². The van der Waals surface area contributed by atoms with Gasteiger partial charge in [-0.2, -0.15) is 0 Å². The predicted molar refractivity (Wildman–Crippen MR) is 75.8 cm³/mol. The van der Waals surface area contributed by atoms with Crippen molar-refractivity contribution in [1.82, 2.24) is 5.32 Å². The van der Waals surface area contributed by atoms with Gasteiger partial charge < -0.3 is 5.32 Å². The van der Waals surface area contributed by atoms with Crippen molar-refractivity contribution in [2.45, 2.75) is 32.7 Å². The molecule has 0 heterocycles. The Morgan fingerprint density at radius 3 is 2.71 bits per heavy atom. The molecule has 0 radical (unpaired) electrons. The lowest BCUT2D eigenvalue weighted by Crippen LogP contribution is -2.47. The molecule has 0 saturated carbocycles. The third-order valence-electron chi connectivity index (χ3n) is 3.00. The van der Waals surface area contributed by atoms with E-state index in [9.17, 15) is 4.79 Å². The number of hydrogen-bond donors (Lipinski definition) is 1. The molecular formula is C13H17BrClNO. The number of carbonyl (C=O) groups is 1. The van der Waals surface area contributed by atoms with Crippen LogP contribution in [0.4, 0.5) is 0 Å². The minimum Gasteiger partial charge on any atom is -0.346 e. The van der Waals surface area contributed by atoms with Crippen LogP contribution in [0.1, 0.15) is 36.2 Å². The summed E-state index contributed by atoms with van der Waals surface area (Å²) in [6.45, 7) is 5.88. The van der Waals surface area contributed by atoms with Crippen LogP contribution in [0.25, 0.3) is 0 Å². The molecule has 1 unspecified atom stereocenters. The molecule has 4 heteroatoms. The molecule has 17 heavy (non-hydrogen) atoms. The first-order valence-corrected chi connectivity index (χ1v) is 6.90. The molecular weight excluding hydrogens is 302 g/mol. The number of amides is 1. The molecule has 0 aliphatic heterocycles. The van der Waals surface area contributed by atoms with Gasteiger partial charge in [-0.1, -0.05) is 28.9 Å². The van der Waals surface area contributed by atoms with E-state index >= 15 is 0 Å². The number of halogens is 2. The molecule has 1 rings (SSSR count). The van der Waals surface area contributed by atoms with Gasteiger partial charge in [0.2, 0.25) is 0 Å². The van der Waals surface area contributed by atoms with Gasteiger partial charge in [-0.3, -0.25) is 4.79 Å². The maximum Gasteiger partial charge on any atom is 0.252 e. The summed E-state index contributed by atoms with van der Waals surface area (Å²) in [7, 11) is 0. The minimum absolute atomic E-state index is 0.0752. The molecule has 1 aromatic rings. The molecule has 0 aliphatic rings. The highest BCUT2D eigenvalue weighted by Gasteiger charge is 2.24. The van der Waals surface area contributed by atoms with Crippen LogP contribution < -0.4 is 5.32 Å². The van der Waals surface area contributed by atoms with E-state index in [1.165, 1.54) is 0 Å². The van der Waals surface area contributed by atoms with E-state index in [0.29, 0.717) is 11.4 Å². The topological polar surface area (TPSA) is 29.1 Å². The Bertz CT molecular complexity index is 416. The second-order valence-electron chi connectivity index (χ2n) is 4.41. The van der Waals surface area contributed by atoms with Crippen LogP contribution >= 0.6 is 27.5 Å². The molecule has 0 spiro atoms. The van der Waals surface area contributed by atoms with E-state index in [-0.39, 0.29) is 11.4 Å². The zero-order chi connectivity index (χ0) is 13.1. The van der Waals surface area contributed by atoms with Crippen molar-refractivity contribution in [3.63, 3.8) is 0 Å². The highest BCUT2D eigenvalue weighted by atomic mass is 79.9. The standard InChI is InChI=1S/C13H17BrClNO/c1-4-13(3,8-15)16-12(17)10-6-5-7-11(14)9(10)2/h5-7H,4,8H2,1-3H3,(H,16,17). The second kappa shape index (κ2) is 5.87. The average molecular weight is 319 g/mol. The predicted octanol–water partition coefficient (Wildman–Crippen LogP) is 3.89. The lowest BCUT2D eigenvalue weighted by molar-refractivity contribution is 0.0911. The van der Waals surface area contributed by atoms with E-state index in [4.69, 9.17) is 11.6 Å². The van der Waals surface area contributed by atoms with Gasteiger partial charge in [0.25, 0.3) is 5.91 Å². The summed E-state index contributed by atoms with van der Waals surface area (Å²) in [5.74, 6) is 0.330. The zero-order valence-electron chi connectivity index (χ0n) is 10.3. The minimum atomic E-state index is -0.354. The Morgan fingerprint density at radius 2 is 2.18 bits per heavy atom. The van der Waals surface area contributed by atoms with Crippen molar-refractivity contribution >= 4 is 33.4 Å². The molecule has 0 saturated heterocycles. The number of rotatable bonds is 4. The van der Waals surface area contributed by atoms with Gasteiger partial charge in [-0.15, -0.1) is 11.6 Å². The van der Waals surface area contributed by atoms with Crippen LogP contribution in [0.2, 0.25) is 0 Å². The van der Waals surface area contributed by atoms with Crippen molar-refractivity contribution in [2.75, 3.05) is 5.88 Å². The van der Waals surface area contributed by atoms with Gasteiger partial charge in [0, 0.05) is 15.9 Å². The van der Waals surface area contributed by atoms with Crippen molar-refractivity contribution in [1.29, 1.82) is 0 Å². The Labute approximate surface area is 116 Å². The Balaban J connectivity index is 2.94. The summed E-state index contributed by atoms with van der Waals surface area (Å²) in [6.07, 6.45) is 0.801. The molecule has 1 atom stereocenters. The van der Waals surface area contributed by atoms with Gasteiger partial charge in [-0.25, -0.2) is 0 Å². The summed E-state index contributed by atoms with van der Waals surface area (Å²) in [5.41, 5.74) is 1.27. The molecule has 1 aromatic carbocycles. The first-order valence-electron chi connectivity index (χ1n) is 5.57. The quantitative estimate of drug-likeness (QED) is 0.838. The molecule has 2 nitrogen and oxygen atoms in total. The van der Waals surface area contributed by atoms with E-state index in [2.05, 4.69) is 21.2 Å². The lowest BCUT2D eigenvalue weighted by atomic mass is 10.00. The first kappa shape index (κ1) is 14.5. The van der Waals surface area contributed by atoms with E-state index in [0.717, 1.165) is 16.5 Å². The maximum absolute atomic E-state index is 12.2. The monoisotopic (exact) mass is 317 g/mol. The van der Waals surface area contributed by atoms with Crippen molar-refractivity contribution in [3.8, 4) is 0 Å². The smallest absolute Gasteiger partial charge is 0.252 e. The van der Waals surface area contributed by atoms with E-state index in [1.807, 2.05) is 39.0 Å². The third-order valence-corrected chi connectivity index (χ3v) is 4.45. The van der Waals surface area contributed by atoms with Crippen LogP contribution in [-0.4, -0.2) is 17.3 Å². The summed E-state index contributed by atoms with van der Waals surface area (Å²) >= 11 is 9.31. The number of benzene rings is 1. The average Bonchev–Trinajstić information content (AvgIpc) is 2.32. The number of carbonyl (C=O) groups excluding carboxylic acids is 1. The van der Waals surface area contributed by atoms with Crippen molar-refractivity contribution < 1.29 is 4.79 Å². The van der Waals surface area contributed by atoms with Crippen LogP contribution in [0.5, 0.6) is 0 Å². The highest BCUT2D eigenvalue weighted by molar-refractivity contribution is 9.10.